The number of rotatable bonds is 4. The molecule has 0 radical (unpaired) electrons. The molecule has 0 saturated carbocycles. The number of hydrogen-bond donors (Lipinski definition) is 1. The lowest BCUT2D eigenvalue weighted by atomic mass is 10.1. The Hall–Kier alpha value is -2.54. The molecular weight excluding hydrogens is 355 g/mol. The van der Waals surface area contributed by atoms with Crippen molar-refractivity contribution in [1.82, 2.24) is 0 Å². The predicted molar refractivity (Wildman–Crippen MR) is 104 cm³/mol. The van der Waals surface area contributed by atoms with E-state index in [0.717, 1.165) is 37.4 Å². The molecule has 4 nitrogen and oxygen atoms in total. The van der Waals surface area contributed by atoms with Crippen molar-refractivity contribution >= 4 is 11.5 Å². The molecule has 1 aliphatic heterocycles. The van der Waals surface area contributed by atoms with Gasteiger partial charge in [-0.1, -0.05) is 12.1 Å². The van der Waals surface area contributed by atoms with E-state index in [4.69, 9.17) is 10.5 Å². The minimum atomic E-state index is -0.246. The first-order valence-electron chi connectivity index (χ1n) is 8.45. The summed E-state index contributed by atoms with van der Waals surface area (Å²) < 4.78 is 37.2. The molecular formula is C20H26F3N3O. The number of nitrogens with two attached hydrogens (primary N) is 1. The highest BCUT2D eigenvalue weighted by Crippen LogP contribution is 2.16. The van der Waals surface area contributed by atoms with Crippen LogP contribution in [0.5, 0.6) is 0 Å². The van der Waals surface area contributed by atoms with Crippen molar-refractivity contribution in [2.45, 2.75) is 6.54 Å². The largest absolute Gasteiger partial charge is 0.383 e. The number of aliphatic imine (C=N–C) groups is 1. The van der Waals surface area contributed by atoms with Crippen molar-refractivity contribution in [2.75, 3.05) is 45.6 Å². The molecule has 0 bridgehead atoms. The summed E-state index contributed by atoms with van der Waals surface area (Å²) in [6, 6.07) is 14.4. The van der Waals surface area contributed by atoms with E-state index in [9.17, 15) is 13.2 Å². The third-order valence-corrected chi connectivity index (χ3v) is 3.88. The standard InChI is InChI=1S/C18H20FN3O.2CH3F/c19-16-5-1-14(2-6-16)13-21-18(20)15-3-7-17(8-4-15)22-9-11-23-12-10-22;2*1-2/h1-8H,9-13H2,(H2,20,21);2*1H3. The van der Waals surface area contributed by atoms with Gasteiger partial charge in [0.05, 0.1) is 34.1 Å². The summed E-state index contributed by atoms with van der Waals surface area (Å²) in [6.07, 6.45) is 0. The van der Waals surface area contributed by atoms with Crippen LogP contribution in [0.1, 0.15) is 11.1 Å². The second kappa shape index (κ2) is 12.8. The van der Waals surface area contributed by atoms with Gasteiger partial charge in [-0.15, -0.1) is 0 Å². The Balaban J connectivity index is 0.000000855. The van der Waals surface area contributed by atoms with Crippen molar-refractivity contribution in [3.63, 3.8) is 0 Å². The molecule has 2 aromatic carbocycles. The Labute approximate surface area is 158 Å². The van der Waals surface area contributed by atoms with Gasteiger partial charge in [-0.2, -0.15) is 0 Å². The summed E-state index contributed by atoms with van der Waals surface area (Å²) in [7, 11) is 1.00. The van der Waals surface area contributed by atoms with Gasteiger partial charge in [0, 0.05) is 24.3 Å². The zero-order valence-corrected chi connectivity index (χ0v) is 15.7. The van der Waals surface area contributed by atoms with Crippen LogP contribution in [0.2, 0.25) is 0 Å². The van der Waals surface area contributed by atoms with Crippen LogP contribution in [-0.4, -0.2) is 46.5 Å². The minimum absolute atomic E-state index is 0.246. The number of morpholine rings is 1. The van der Waals surface area contributed by atoms with E-state index in [0.29, 0.717) is 26.7 Å². The number of amidine groups is 1. The monoisotopic (exact) mass is 381 g/mol. The van der Waals surface area contributed by atoms with E-state index in [1.54, 1.807) is 12.1 Å². The topological polar surface area (TPSA) is 50.8 Å². The second-order valence-electron chi connectivity index (χ2n) is 5.47. The molecule has 7 heteroatoms. The fraction of sp³-hybridized carbons (Fsp3) is 0.350. The Kier molecular flexibility index (Phi) is 10.6. The van der Waals surface area contributed by atoms with Crippen LogP contribution in [0.15, 0.2) is 53.5 Å². The molecule has 0 atom stereocenters. The SMILES string of the molecule is CF.CF.NC(=NCc1ccc(F)cc1)c1ccc(N2CCOCC2)cc1. The van der Waals surface area contributed by atoms with E-state index in [-0.39, 0.29) is 5.82 Å². The summed E-state index contributed by atoms with van der Waals surface area (Å²) in [5, 5.41) is 0. The van der Waals surface area contributed by atoms with Gasteiger partial charge in [0.15, 0.2) is 0 Å². The third-order valence-electron chi connectivity index (χ3n) is 3.88. The van der Waals surface area contributed by atoms with Crippen molar-refractivity contribution in [3.05, 3.63) is 65.5 Å². The minimum Gasteiger partial charge on any atom is -0.383 e. The Morgan fingerprint density at radius 2 is 1.52 bits per heavy atom. The molecule has 0 amide bonds. The quantitative estimate of drug-likeness (QED) is 0.648. The molecule has 2 N–H and O–H groups in total. The molecule has 0 spiro atoms. The van der Waals surface area contributed by atoms with Crippen LogP contribution in [-0.2, 0) is 11.3 Å². The Bertz CT molecular complexity index is 670. The smallest absolute Gasteiger partial charge is 0.125 e. The Morgan fingerprint density at radius 1 is 0.963 bits per heavy atom. The lowest BCUT2D eigenvalue weighted by Crippen LogP contribution is -2.36. The normalized spacial score (nSPS) is 13.8. The number of ether oxygens (including phenoxy) is 1. The zero-order valence-electron chi connectivity index (χ0n) is 15.7. The predicted octanol–water partition coefficient (Wildman–Crippen LogP) is 3.74. The maximum absolute atomic E-state index is 12.9. The van der Waals surface area contributed by atoms with Crippen LogP contribution < -0.4 is 10.6 Å². The third kappa shape index (κ3) is 7.30. The van der Waals surface area contributed by atoms with Crippen molar-refractivity contribution in [2.24, 2.45) is 10.7 Å². The average molecular weight is 381 g/mol. The number of alkyl halides is 2. The van der Waals surface area contributed by atoms with Crippen LogP contribution >= 0.6 is 0 Å². The van der Waals surface area contributed by atoms with Crippen molar-refractivity contribution in [3.8, 4) is 0 Å². The first-order chi connectivity index (χ1) is 13.2. The molecule has 1 saturated heterocycles. The van der Waals surface area contributed by atoms with Crippen LogP contribution in [0.25, 0.3) is 0 Å². The molecule has 1 aliphatic rings. The summed E-state index contributed by atoms with van der Waals surface area (Å²) in [5.41, 5.74) is 9.04. The Morgan fingerprint density at radius 3 is 2.07 bits per heavy atom. The molecule has 1 fully saturated rings. The van der Waals surface area contributed by atoms with Gasteiger partial charge in [0.2, 0.25) is 0 Å². The van der Waals surface area contributed by atoms with Gasteiger partial charge in [0.1, 0.15) is 11.7 Å². The van der Waals surface area contributed by atoms with E-state index >= 15 is 0 Å². The lowest BCUT2D eigenvalue weighted by molar-refractivity contribution is 0.122. The van der Waals surface area contributed by atoms with Crippen LogP contribution in [0, 0.1) is 5.82 Å². The molecule has 2 aromatic rings. The van der Waals surface area contributed by atoms with Crippen molar-refractivity contribution in [1.29, 1.82) is 0 Å². The molecule has 27 heavy (non-hydrogen) atoms. The maximum atomic E-state index is 12.9. The fourth-order valence-corrected chi connectivity index (χ4v) is 2.52. The van der Waals surface area contributed by atoms with E-state index in [2.05, 4.69) is 22.0 Å². The highest BCUT2D eigenvalue weighted by atomic mass is 19.1. The maximum Gasteiger partial charge on any atom is 0.125 e. The van der Waals surface area contributed by atoms with Crippen LogP contribution in [0.4, 0.5) is 18.9 Å². The van der Waals surface area contributed by atoms with Gasteiger partial charge in [0.25, 0.3) is 0 Å². The molecule has 3 rings (SSSR count). The summed E-state index contributed by atoms with van der Waals surface area (Å²) >= 11 is 0. The van der Waals surface area contributed by atoms with Crippen molar-refractivity contribution < 1.29 is 17.9 Å². The fourth-order valence-electron chi connectivity index (χ4n) is 2.52. The summed E-state index contributed by atoms with van der Waals surface area (Å²) in [4.78, 5) is 6.67. The van der Waals surface area contributed by atoms with Gasteiger partial charge in [-0.25, -0.2) is 4.39 Å². The molecule has 148 valence electrons. The summed E-state index contributed by atoms with van der Waals surface area (Å²) in [5.74, 6) is 0.243. The zero-order chi connectivity index (χ0) is 20.1. The molecule has 1 heterocycles. The molecule has 0 unspecified atom stereocenters. The first-order valence-corrected chi connectivity index (χ1v) is 8.45. The number of nitrogens with zero attached hydrogens (tertiary/aromatic N) is 2. The number of anilines is 1. The summed E-state index contributed by atoms with van der Waals surface area (Å²) in [6.45, 7) is 3.80. The molecule has 0 aromatic heterocycles. The first kappa shape index (κ1) is 22.5. The van der Waals surface area contributed by atoms with Gasteiger partial charge in [-0.05, 0) is 42.0 Å². The average Bonchev–Trinajstić information content (AvgIpc) is 2.77. The van der Waals surface area contributed by atoms with E-state index in [1.165, 1.54) is 17.8 Å². The van der Waals surface area contributed by atoms with Gasteiger partial charge in [-0.3, -0.25) is 13.8 Å². The lowest BCUT2D eigenvalue weighted by Gasteiger charge is -2.28. The molecule has 0 aliphatic carbocycles. The number of halogens is 3. The highest BCUT2D eigenvalue weighted by molar-refractivity contribution is 5.97. The number of hydrogen-bond acceptors (Lipinski definition) is 3. The number of benzene rings is 2. The van der Waals surface area contributed by atoms with Crippen LogP contribution in [0.3, 0.4) is 0 Å². The second-order valence-corrected chi connectivity index (χ2v) is 5.47. The van der Waals surface area contributed by atoms with E-state index < -0.39 is 0 Å². The van der Waals surface area contributed by atoms with E-state index in [1.807, 2.05) is 12.1 Å². The van der Waals surface area contributed by atoms with Gasteiger partial charge < -0.3 is 15.4 Å². The van der Waals surface area contributed by atoms with Gasteiger partial charge >= 0.3 is 0 Å². The highest BCUT2D eigenvalue weighted by Gasteiger charge is 2.11.